The Kier molecular flexibility index (Phi) is 6.16. The number of rotatable bonds is 7. The summed E-state index contributed by atoms with van der Waals surface area (Å²) in [6.45, 7) is 1.96. The minimum atomic E-state index is -1.32. The van der Waals surface area contributed by atoms with Crippen LogP contribution in [0.4, 0.5) is 4.39 Å². The van der Waals surface area contributed by atoms with Crippen LogP contribution in [0.2, 0.25) is 0 Å². The maximum atomic E-state index is 13.8. The van der Waals surface area contributed by atoms with Crippen molar-refractivity contribution in [2.45, 2.75) is 57.4 Å². The summed E-state index contributed by atoms with van der Waals surface area (Å²) < 4.78 is 23.9. The third-order valence-electron chi connectivity index (χ3n) is 4.85. The lowest BCUT2D eigenvalue weighted by Crippen LogP contribution is -2.24. The minimum absolute atomic E-state index is 0.108. The number of unbranched alkanes of at least 4 members (excludes halogenated alkanes) is 1. The molecule has 0 aromatic rings. The topological polar surface area (TPSA) is 72.8 Å². The van der Waals surface area contributed by atoms with Crippen LogP contribution in [-0.4, -0.2) is 42.5 Å². The normalized spacial score (nSPS) is 32.6. The van der Waals surface area contributed by atoms with Crippen LogP contribution in [0.25, 0.3) is 0 Å². The van der Waals surface area contributed by atoms with Gasteiger partial charge >= 0.3 is 11.9 Å². The van der Waals surface area contributed by atoms with Gasteiger partial charge in [-0.1, -0.05) is 31.9 Å². The maximum absolute atomic E-state index is 13.8. The number of methoxy groups -OCH3 is 1. The standard InChI is InChI=1S/C17H25FO5/c1-3-4-5-13(18)14(19)7-6-10-11-9-16(20)23-15(11)8-12(10)17(21)22-2/h6-7,10-15,19H,3-5,8-9H2,1-2H3/b7-6+. The molecule has 1 aliphatic carbocycles. The largest absolute Gasteiger partial charge is 0.469 e. The van der Waals surface area contributed by atoms with Crippen molar-refractivity contribution >= 4 is 11.9 Å². The number of hydrogen-bond acceptors (Lipinski definition) is 5. The van der Waals surface area contributed by atoms with Gasteiger partial charge in [-0.2, -0.15) is 0 Å². The van der Waals surface area contributed by atoms with Crippen LogP contribution in [0.3, 0.4) is 0 Å². The number of esters is 2. The summed E-state index contributed by atoms with van der Waals surface area (Å²) in [5.74, 6) is -1.42. The highest BCUT2D eigenvalue weighted by Gasteiger charge is 2.51. The zero-order valence-electron chi connectivity index (χ0n) is 13.6. The predicted molar refractivity (Wildman–Crippen MR) is 81.2 cm³/mol. The fourth-order valence-electron chi connectivity index (χ4n) is 3.56. The molecule has 130 valence electrons. The average molecular weight is 328 g/mol. The van der Waals surface area contributed by atoms with Gasteiger partial charge in [-0.3, -0.25) is 9.59 Å². The summed E-state index contributed by atoms with van der Waals surface area (Å²) in [6.07, 6.45) is 2.82. The van der Waals surface area contributed by atoms with Crippen LogP contribution in [0.15, 0.2) is 12.2 Å². The van der Waals surface area contributed by atoms with Gasteiger partial charge in [0.25, 0.3) is 0 Å². The zero-order chi connectivity index (χ0) is 17.0. The summed E-state index contributed by atoms with van der Waals surface area (Å²) >= 11 is 0. The van der Waals surface area contributed by atoms with E-state index in [9.17, 15) is 19.1 Å². The molecule has 0 spiro atoms. The Hall–Kier alpha value is -1.43. The number of fused-ring (bicyclic) bond motifs is 1. The summed E-state index contributed by atoms with van der Waals surface area (Å²) in [5, 5.41) is 9.90. The Morgan fingerprint density at radius 3 is 2.96 bits per heavy atom. The van der Waals surface area contributed by atoms with Gasteiger partial charge in [0, 0.05) is 5.92 Å². The molecule has 2 fully saturated rings. The molecule has 1 heterocycles. The zero-order valence-corrected chi connectivity index (χ0v) is 13.6. The van der Waals surface area contributed by atoms with E-state index in [0.717, 1.165) is 6.42 Å². The van der Waals surface area contributed by atoms with Crippen molar-refractivity contribution in [1.82, 2.24) is 0 Å². The van der Waals surface area contributed by atoms with Gasteiger partial charge in [0.1, 0.15) is 18.4 Å². The first-order valence-electron chi connectivity index (χ1n) is 8.25. The lowest BCUT2D eigenvalue weighted by atomic mass is 9.86. The molecule has 0 radical (unpaired) electrons. The summed E-state index contributed by atoms with van der Waals surface area (Å²) in [4.78, 5) is 23.4. The number of allylic oxidation sites excluding steroid dienone is 1. The molecule has 1 N–H and O–H groups in total. The molecular formula is C17H25FO5. The van der Waals surface area contributed by atoms with Crippen molar-refractivity contribution in [2.24, 2.45) is 17.8 Å². The Bertz CT molecular complexity index is 464. The monoisotopic (exact) mass is 328 g/mol. The van der Waals surface area contributed by atoms with Crippen LogP contribution in [0.5, 0.6) is 0 Å². The molecule has 0 aromatic carbocycles. The van der Waals surface area contributed by atoms with E-state index in [-0.39, 0.29) is 36.3 Å². The van der Waals surface area contributed by atoms with Gasteiger partial charge in [0.2, 0.25) is 0 Å². The van der Waals surface area contributed by atoms with Gasteiger partial charge < -0.3 is 14.6 Å². The lowest BCUT2D eigenvalue weighted by Gasteiger charge is -2.18. The molecule has 0 bridgehead atoms. The van der Waals surface area contributed by atoms with E-state index in [4.69, 9.17) is 9.47 Å². The van der Waals surface area contributed by atoms with E-state index in [0.29, 0.717) is 19.3 Å². The van der Waals surface area contributed by atoms with Crippen molar-refractivity contribution in [1.29, 1.82) is 0 Å². The van der Waals surface area contributed by atoms with Crippen molar-refractivity contribution in [3.63, 3.8) is 0 Å². The summed E-state index contributed by atoms with van der Waals surface area (Å²) in [5.41, 5.74) is 0. The van der Waals surface area contributed by atoms with E-state index in [1.165, 1.54) is 13.2 Å². The number of aliphatic hydroxyl groups excluding tert-OH is 1. The Balaban J connectivity index is 2.05. The number of carbonyl (C=O) groups excluding carboxylic acids is 2. The molecule has 1 saturated heterocycles. The van der Waals surface area contributed by atoms with Crippen LogP contribution < -0.4 is 0 Å². The predicted octanol–water partition coefficient (Wildman–Crippen LogP) is 2.17. The highest BCUT2D eigenvalue weighted by atomic mass is 19.1. The number of ether oxygens (including phenoxy) is 2. The van der Waals surface area contributed by atoms with E-state index >= 15 is 0 Å². The smallest absolute Gasteiger partial charge is 0.309 e. The van der Waals surface area contributed by atoms with E-state index in [2.05, 4.69) is 0 Å². The molecule has 0 aromatic heterocycles. The third kappa shape index (κ3) is 4.10. The van der Waals surface area contributed by atoms with Crippen LogP contribution in [-0.2, 0) is 19.1 Å². The van der Waals surface area contributed by atoms with Crippen molar-refractivity contribution in [3.05, 3.63) is 12.2 Å². The highest BCUT2D eigenvalue weighted by molar-refractivity contribution is 5.76. The molecule has 23 heavy (non-hydrogen) atoms. The Morgan fingerprint density at radius 1 is 1.57 bits per heavy atom. The Morgan fingerprint density at radius 2 is 2.30 bits per heavy atom. The second-order valence-corrected chi connectivity index (χ2v) is 6.37. The van der Waals surface area contributed by atoms with Crippen molar-refractivity contribution < 1.29 is 28.6 Å². The molecule has 2 rings (SSSR count). The molecular weight excluding hydrogens is 303 g/mol. The second-order valence-electron chi connectivity index (χ2n) is 6.37. The van der Waals surface area contributed by atoms with Gasteiger partial charge in [-0.15, -0.1) is 0 Å². The van der Waals surface area contributed by atoms with Gasteiger partial charge in [-0.05, 0) is 18.8 Å². The number of halogens is 1. The van der Waals surface area contributed by atoms with Crippen molar-refractivity contribution in [2.75, 3.05) is 7.11 Å². The highest BCUT2D eigenvalue weighted by Crippen LogP contribution is 2.46. The van der Waals surface area contributed by atoms with Crippen molar-refractivity contribution in [3.8, 4) is 0 Å². The van der Waals surface area contributed by atoms with Gasteiger partial charge in [0.15, 0.2) is 0 Å². The van der Waals surface area contributed by atoms with E-state index < -0.39 is 18.2 Å². The SMILES string of the molecule is CCCCC(F)C(O)/C=C/C1C(C(=O)OC)CC2OC(=O)CC21. The summed E-state index contributed by atoms with van der Waals surface area (Å²) in [6, 6.07) is 0. The molecule has 6 unspecified atom stereocenters. The quantitative estimate of drug-likeness (QED) is 0.573. The van der Waals surface area contributed by atoms with Crippen LogP contribution in [0, 0.1) is 17.8 Å². The first kappa shape index (κ1) is 17.9. The van der Waals surface area contributed by atoms with Gasteiger partial charge in [0.05, 0.1) is 19.4 Å². The van der Waals surface area contributed by atoms with E-state index in [1.807, 2.05) is 6.92 Å². The average Bonchev–Trinajstić information content (AvgIpc) is 3.05. The number of aliphatic hydroxyl groups is 1. The summed E-state index contributed by atoms with van der Waals surface area (Å²) in [7, 11) is 1.32. The lowest BCUT2D eigenvalue weighted by molar-refractivity contribution is -0.149. The Labute approximate surface area is 135 Å². The van der Waals surface area contributed by atoms with E-state index in [1.54, 1.807) is 6.08 Å². The molecule has 6 heteroatoms. The molecule has 2 aliphatic rings. The third-order valence-corrected chi connectivity index (χ3v) is 4.85. The molecule has 6 atom stereocenters. The first-order chi connectivity index (χ1) is 11.0. The van der Waals surface area contributed by atoms with Gasteiger partial charge in [-0.25, -0.2) is 4.39 Å². The molecule has 1 aliphatic heterocycles. The number of carbonyl (C=O) groups is 2. The number of hydrogen-bond donors (Lipinski definition) is 1. The molecule has 1 saturated carbocycles. The maximum Gasteiger partial charge on any atom is 0.309 e. The molecule has 0 amide bonds. The fraction of sp³-hybridized carbons (Fsp3) is 0.765. The van der Waals surface area contributed by atoms with Crippen LogP contribution >= 0.6 is 0 Å². The molecule has 5 nitrogen and oxygen atoms in total. The van der Waals surface area contributed by atoms with Crippen LogP contribution in [0.1, 0.15) is 39.0 Å². The fourth-order valence-corrected chi connectivity index (χ4v) is 3.56. The minimum Gasteiger partial charge on any atom is -0.469 e. The second kappa shape index (κ2) is 7.90. The number of alkyl halides is 1. The first-order valence-corrected chi connectivity index (χ1v) is 8.25.